The fraction of sp³-hybridized carbons (Fsp3) is 0.909. The van der Waals surface area contributed by atoms with Crippen LogP contribution in [-0.2, 0) is 15.0 Å². The Balaban J connectivity index is 2.16. The molecule has 0 heterocycles. The lowest BCUT2D eigenvalue weighted by molar-refractivity contribution is -0.147. The third kappa shape index (κ3) is 2.84. The molecule has 104 valence electrons. The maximum Gasteiger partial charge on any atom is 0.325 e. The van der Waals surface area contributed by atoms with Gasteiger partial charge in [0.15, 0.2) is 0 Å². The van der Waals surface area contributed by atoms with Crippen molar-refractivity contribution in [1.82, 2.24) is 9.44 Å². The summed E-state index contributed by atoms with van der Waals surface area (Å²) in [4.78, 5) is 11.5. The van der Waals surface area contributed by atoms with Crippen LogP contribution in [-0.4, -0.2) is 31.1 Å². The lowest BCUT2D eigenvalue weighted by Gasteiger charge is -2.39. The molecule has 0 saturated heterocycles. The highest BCUT2D eigenvalue weighted by molar-refractivity contribution is 7.87. The van der Waals surface area contributed by atoms with Gasteiger partial charge in [-0.2, -0.15) is 17.9 Å². The van der Waals surface area contributed by atoms with Crippen molar-refractivity contribution in [3.05, 3.63) is 0 Å². The Morgan fingerprint density at radius 1 is 1.28 bits per heavy atom. The Morgan fingerprint density at radius 2 is 1.94 bits per heavy atom. The number of rotatable bonds is 5. The number of hydrogen-bond donors (Lipinski definition) is 3. The molecule has 2 atom stereocenters. The normalized spacial score (nSPS) is 33.3. The van der Waals surface area contributed by atoms with Crippen molar-refractivity contribution < 1.29 is 18.3 Å². The molecule has 0 aromatic carbocycles. The van der Waals surface area contributed by atoms with Crippen LogP contribution >= 0.6 is 0 Å². The molecule has 2 aliphatic rings. The van der Waals surface area contributed by atoms with Crippen LogP contribution < -0.4 is 9.44 Å². The lowest BCUT2D eigenvalue weighted by atomic mass is 9.74. The first-order valence-electron chi connectivity index (χ1n) is 6.40. The SMILES string of the molecule is CC1CCCCC1(NS(=O)(=O)NC1CC1)C(=O)O. The molecule has 0 amide bonds. The van der Waals surface area contributed by atoms with Crippen LogP contribution in [0.2, 0.25) is 0 Å². The number of carboxylic acids is 1. The Bertz CT molecular complexity index is 432. The summed E-state index contributed by atoms with van der Waals surface area (Å²) >= 11 is 0. The summed E-state index contributed by atoms with van der Waals surface area (Å²) in [7, 11) is -3.74. The standard InChI is InChI=1S/C11H20N2O4S/c1-8-4-2-3-7-11(8,10(14)15)13-18(16,17)12-9-5-6-9/h8-9,12-13H,2-7H2,1H3,(H,14,15). The van der Waals surface area contributed by atoms with E-state index in [2.05, 4.69) is 9.44 Å². The third-order valence-electron chi connectivity index (χ3n) is 3.90. The Labute approximate surface area is 107 Å². The molecule has 2 aliphatic carbocycles. The van der Waals surface area contributed by atoms with Crippen LogP contribution in [0.25, 0.3) is 0 Å². The fourth-order valence-electron chi connectivity index (χ4n) is 2.55. The summed E-state index contributed by atoms with van der Waals surface area (Å²) in [6, 6.07) is -0.0211. The van der Waals surface area contributed by atoms with Crippen LogP contribution in [0, 0.1) is 5.92 Å². The van der Waals surface area contributed by atoms with Crippen molar-refractivity contribution in [3.8, 4) is 0 Å². The monoisotopic (exact) mass is 276 g/mol. The summed E-state index contributed by atoms with van der Waals surface area (Å²) in [5, 5.41) is 9.42. The maximum atomic E-state index is 11.9. The molecular weight excluding hydrogens is 256 g/mol. The van der Waals surface area contributed by atoms with E-state index in [1.165, 1.54) is 0 Å². The zero-order valence-corrected chi connectivity index (χ0v) is 11.3. The van der Waals surface area contributed by atoms with E-state index < -0.39 is 21.7 Å². The molecule has 0 aromatic heterocycles. The van der Waals surface area contributed by atoms with Gasteiger partial charge in [-0.25, -0.2) is 0 Å². The van der Waals surface area contributed by atoms with Gasteiger partial charge in [-0.05, 0) is 31.6 Å². The van der Waals surface area contributed by atoms with Crippen LogP contribution in [0.1, 0.15) is 45.4 Å². The minimum absolute atomic E-state index is 0.0211. The van der Waals surface area contributed by atoms with Crippen molar-refractivity contribution in [2.24, 2.45) is 5.92 Å². The predicted molar refractivity (Wildman–Crippen MR) is 66.2 cm³/mol. The highest BCUT2D eigenvalue weighted by Gasteiger charge is 2.48. The van der Waals surface area contributed by atoms with Gasteiger partial charge < -0.3 is 5.11 Å². The molecule has 0 radical (unpaired) electrons. The fourth-order valence-corrected chi connectivity index (χ4v) is 4.15. The topological polar surface area (TPSA) is 95.5 Å². The average molecular weight is 276 g/mol. The second-order valence-electron chi connectivity index (χ2n) is 5.42. The van der Waals surface area contributed by atoms with Crippen LogP contribution in [0.4, 0.5) is 0 Å². The van der Waals surface area contributed by atoms with E-state index in [1.54, 1.807) is 6.92 Å². The molecule has 0 aromatic rings. The molecule has 2 unspecified atom stereocenters. The molecule has 2 saturated carbocycles. The quantitative estimate of drug-likeness (QED) is 0.685. The van der Waals surface area contributed by atoms with Gasteiger partial charge in [0.25, 0.3) is 10.2 Å². The van der Waals surface area contributed by atoms with E-state index >= 15 is 0 Å². The number of hydrogen-bond acceptors (Lipinski definition) is 3. The van der Waals surface area contributed by atoms with Gasteiger partial charge in [0.2, 0.25) is 0 Å². The number of nitrogens with one attached hydrogen (secondary N) is 2. The van der Waals surface area contributed by atoms with Gasteiger partial charge in [-0.1, -0.05) is 19.8 Å². The average Bonchev–Trinajstić information content (AvgIpc) is 3.04. The second kappa shape index (κ2) is 4.79. The molecule has 0 spiro atoms. The first-order valence-corrected chi connectivity index (χ1v) is 7.89. The van der Waals surface area contributed by atoms with Crippen molar-refractivity contribution in [1.29, 1.82) is 0 Å². The van der Waals surface area contributed by atoms with Gasteiger partial charge in [0.1, 0.15) is 5.54 Å². The van der Waals surface area contributed by atoms with Crippen LogP contribution in [0.5, 0.6) is 0 Å². The molecule has 18 heavy (non-hydrogen) atoms. The van der Waals surface area contributed by atoms with Crippen LogP contribution in [0.15, 0.2) is 0 Å². The summed E-state index contributed by atoms with van der Waals surface area (Å²) < 4.78 is 28.7. The molecule has 2 rings (SSSR count). The minimum Gasteiger partial charge on any atom is -0.480 e. The highest BCUT2D eigenvalue weighted by atomic mass is 32.2. The van der Waals surface area contributed by atoms with Crippen molar-refractivity contribution in [3.63, 3.8) is 0 Å². The summed E-state index contributed by atoms with van der Waals surface area (Å²) in [6.07, 6.45) is 4.44. The van der Waals surface area contributed by atoms with Crippen LogP contribution in [0.3, 0.4) is 0 Å². The molecule has 0 bridgehead atoms. The smallest absolute Gasteiger partial charge is 0.325 e. The lowest BCUT2D eigenvalue weighted by Crippen LogP contribution is -2.62. The molecule has 3 N–H and O–H groups in total. The summed E-state index contributed by atoms with van der Waals surface area (Å²) in [5.41, 5.74) is -1.35. The Morgan fingerprint density at radius 3 is 2.44 bits per heavy atom. The Kier molecular flexibility index (Phi) is 3.66. The first-order chi connectivity index (χ1) is 8.36. The zero-order chi connectivity index (χ0) is 13.4. The molecule has 6 nitrogen and oxygen atoms in total. The largest absolute Gasteiger partial charge is 0.480 e. The highest BCUT2D eigenvalue weighted by Crippen LogP contribution is 2.34. The predicted octanol–water partition coefficient (Wildman–Crippen LogP) is 0.606. The number of carbonyl (C=O) groups is 1. The van der Waals surface area contributed by atoms with Gasteiger partial charge in [-0.15, -0.1) is 0 Å². The molecule has 7 heteroatoms. The van der Waals surface area contributed by atoms with E-state index in [0.29, 0.717) is 6.42 Å². The zero-order valence-electron chi connectivity index (χ0n) is 10.5. The van der Waals surface area contributed by atoms with Gasteiger partial charge in [-0.3, -0.25) is 4.79 Å². The van der Waals surface area contributed by atoms with Gasteiger partial charge in [0.05, 0.1) is 0 Å². The van der Waals surface area contributed by atoms with Gasteiger partial charge in [0, 0.05) is 6.04 Å². The van der Waals surface area contributed by atoms with E-state index in [1.807, 2.05) is 0 Å². The van der Waals surface area contributed by atoms with Crippen molar-refractivity contribution in [2.75, 3.05) is 0 Å². The molecule has 2 fully saturated rings. The Hall–Kier alpha value is -0.660. The number of carboxylic acid groups (broad SMARTS) is 1. The molecular formula is C11H20N2O4S. The van der Waals surface area contributed by atoms with Gasteiger partial charge >= 0.3 is 5.97 Å². The molecule has 0 aliphatic heterocycles. The van der Waals surface area contributed by atoms with Crippen molar-refractivity contribution >= 4 is 16.2 Å². The van der Waals surface area contributed by atoms with E-state index in [4.69, 9.17) is 0 Å². The maximum absolute atomic E-state index is 11.9. The summed E-state index contributed by atoms with van der Waals surface area (Å²) in [6.45, 7) is 1.80. The van der Waals surface area contributed by atoms with E-state index in [0.717, 1.165) is 32.1 Å². The van der Waals surface area contributed by atoms with E-state index in [-0.39, 0.29) is 12.0 Å². The third-order valence-corrected chi connectivity index (χ3v) is 5.17. The second-order valence-corrected chi connectivity index (χ2v) is 6.87. The van der Waals surface area contributed by atoms with Crippen molar-refractivity contribution in [2.45, 2.75) is 57.0 Å². The summed E-state index contributed by atoms with van der Waals surface area (Å²) in [5.74, 6) is -1.27. The minimum atomic E-state index is -3.74. The first kappa shape index (κ1) is 13.8. The van der Waals surface area contributed by atoms with E-state index in [9.17, 15) is 18.3 Å². The number of aliphatic carboxylic acids is 1.